The fourth-order valence-electron chi connectivity index (χ4n) is 11.2. The first kappa shape index (κ1) is 38.7. The molecule has 0 aliphatic heterocycles. The Morgan fingerprint density at radius 1 is 0.200 bits per heavy atom. The van der Waals surface area contributed by atoms with E-state index < -0.39 is 0 Å². The topological polar surface area (TPSA) is 51.6 Å². The Morgan fingerprint density at radius 2 is 0.514 bits per heavy atom. The van der Waals surface area contributed by atoms with E-state index in [2.05, 4.69) is 231 Å². The molecule has 70 heavy (non-hydrogen) atoms. The van der Waals surface area contributed by atoms with Crippen molar-refractivity contribution in [2.24, 2.45) is 0 Å². The molecule has 0 bridgehead atoms. The van der Waals surface area contributed by atoms with E-state index in [-0.39, 0.29) is 0 Å². The molecular weight excluding hydrogens is 849 g/mol. The van der Waals surface area contributed by atoms with E-state index >= 15 is 0 Å². The third kappa shape index (κ3) is 5.97. The lowest BCUT2D eigenvalue weighted by molar-refractivity contribution is 1.36. The molecule has 0 saturated heterocycles. The zero-order chi connectivity index (χ0) is 45.9. The van der Waals surface area contributed by atoms with Crippen LogP contribution in [0.25, 0.3) is 153 Å². The van der Waals surface area contributed by atoms with Crippen LogP contribution in [0.2, 0.25) is 0 Å². The van der Waals surface area contributed by atoms with Crippen LogP contribution in [0.1, 0.15) is 0 Å². The summed E-state index contributed by atoms with van der Waals surface area (Å²) in [5.41, 5.74) is 11.4. The Hall–Kier alpha value is -9.38. The molecule has 4 nitrogen and oxygen atoms in total. The first-order valence-electron chi connectivity index (χ1n) is 23.9. The Bertz CT molecular complexity index is 4430. The van der Waals surface area contributed by atoms with Crippen molar-refractivity contribution in [3.05, 3.63) is 231 Å². The van der Waals surface area contributed by atoms with E-state index in [4.69, 9.17) is 19.9 Å². The zero-order valence-corrected chi connectivity index (χ0v) is 37.7. The molecule has 0 aliphatic carbocycles. The van der Waals surface area contributed by atoms with E-state index in [0.29, 0.717) is 0 Å². The van der Waals surface area contributed by atoms with Gasteiger partial charge in [-0.1, -0.05) is 188 Å². The zero-order valence-electron chi connectivity index (χ0n) is 37.7. The number of rotatable bonds is 4. The molecule has 15 aromatic rings. The van der Waals surface area contributed by atoms with Crippen molar-refractivity contribution < 1.29 is 0 Å². The number of fused-ring (bicyclic) bond motifs is 16. The van der Waals surface area contributed by atoms with E-state index in [1.807, 2.05) is 0 Å². The molecule has 4 aromatic heterocycles. The van der Waals surface area contributed by atoms with E-state index in [1.54, 1.807) is 0 Å². The summed E-state index contributed by atoms with van der Waals surface area (Å²) in [5, 5.41) is 19.0. The third-order valence-electron chi connectivity index (χ3n) is 14.5. The molecule has 0 amide bonds. The molecule has 11 aromatic carbocycles. The smallest absolute Gasteiger partial charge is 0.0972 e. The van der Waals surface area contributed by atoms with Crippen LogP contribution in [0.4, 0.5) is 0 Å². The fourth-order valence-corrected chi connectivity index (χ4v) is 11.2. The molecule has 0 unspecified atom stereocenters. The molecule has 15 rings (SSSR count). The van der Waals surface area contributed by atoms with Crippen LogP contribution in [-0.4, -0.2) is 19.9 Å². The fraction of sp³-hybridized carbons (Fsp3) is 0. The average Bonchev–Trinajstić information content (AvgIpc) is 3.43. The van der Waals surface area contributed by atoms with Gasteiger partial charge < -0.3 is 0 Å². The van der Waals surface area contributed by atoms with Crippen LogP contribution < -0.4 is 0 Å². The van der Waals surface area contributed by atoms with Gasteiger partial charge in [-0.15, -0.1) is 0 Å². The van der Waals surface area contributed by atoms with Crippen LogP contribution in [0.15, 0.2) is 231 Å². The predicted molar refractivity (Wildman–Crippen MR) is 294 cm³/mol. The summed E-state index contributed by atoms with van der Waals surface area (Å²) in [6.07, 6.45) is 0. The minimum absolute atomic E-state index is 0.878. The van der Waals surface area contributed by atoms with Crippen LogP contribution in [0, 0.1) is 0 Å². The van der Waals surface area contributed by atoms with Gasteiger partial charge in [-0.25, -0.2) is 19.9 Å². The van der Waals surface area contributed by atoms with Crippen LogP contribution in [-0.2, 0) is 0 Å². The van der Waals surface area contributed by atoms with Gasteiger partial charge in [0.05, 0.1) is 44.8 Å². The molecule has 0 spiro atoms. The number of benzene rings is 11. The van der Waals surface area contributed by atoms with Gasteiger partial charge in [0.25, 0.3) is 0 Å². The van der Waals surface area contributed by atoms with E-state index in [1.165, 1.54) is 64.6 Å². The van der Waals surface area contributed by atoms with Gasteiger partial charge in [-0.05, 0) is 107 Å². The van der Waals surface area contributed by atoms with Crippen molar-refractivity contribution in [1.82, 2.24) is 19.9 Å². The lowest BCUT2D eigenvalue weighted by Gasteiger charge is -2.14. The average molecular weight is 887 g/mol. The van der Waals surface area contributed by atoms with Crippen molar-refractivity contribution >= 4 is 108 Å². The van der Waals surface area contributed by atoms with Crippen LogP contribution in [0.3, 0.4) is 0 Å². The maximum absolute atomic E-state index is 5.43. The second kappa shape index (κ2) is 15.1. The summed E-state index contributed by atoms with van der Waals surface area (Å²) < 4.78 is 0. The molecule has 0 saturated carbocycles. The van der Waals surface area contributed by atoms with Crippen molar-refractivity contribution in [3.8, 4) is 45.0 Å². The standard InChI is InChI=1S/C66H38N4/c1-3-14-49-39(10-1)20-26-47-37-55(51-16-5-7-18-53(51)61(47)49)59-34-30-43-24-22-41-28-32-57(67-63(41)65(43)69-59)45-12-9-13-46(36-45)58-33-29-42-23-25-44-31-35-60(70-66(44)64(42)68-58)56-38-48-27-21-40-11-2-4-15-50(40)62(48)54-19-8-6-17-52(54)56/h1-38H. The Kier molecular flexibility index (Phi) is 8.33. The van der Waals surface area contributed by atoms with Crippen LogP contribution in [0.5, 0.6) is 0 Å². The predicted octanol–water partition coefficient (Wildman–Crippen LogP) is 17.5. The monoisotopic (exact) mass is 886 g/mol. The lowest BCUT2D eigenvalue weighted by atomic mass is 9.92. The minimum Gasteiger partial charge on any atom is -0.245 e. The molecule has 0 aliphatic rings. The largest absolute Gasteiger partial charge is 0.245 e. The summed E-state index contributed by atoms with van der Waals surface area (Å²) in [6, 6.07) is 82.7. The first-order valence-corrected chi connectivity index (χ1v) is 23.9. The highest BCUT2D eigenvalue weighted by Gasteiger charge is 2.17. The van der Waals surface area contributed by atoms with Crippen LogP contribution >= 0.6 is 0 Å². The molecule has 0 atom stereocenters. The SMILES string of the molecule is c1cc(-c2ccc3ccc4ccc(-c5cc6ccc7ccccc7c6c6ccccc56)nc4c3n2)cc(-c2ccc3ccc4ccc(-c5cc6ccc7ccccc7c6c6ccccc56)nc4c3n2)c1. The highest BCUT2D eigenvalue weighted by atomic mass is 14.8. The van der Waals surface area contributed by atoms with Gasteiger partial charge in [0.1, 0.15) is 0 Å². The van der Waals surface area contributed by atoms with Gasteiger partial charge in [0.2, 0.25) is 0 Å². The number of nitrogens with zero attached hydrogens (tertiary/aromatic N) is 4. The Balaban J connectivity index is 0.833. The first-order chi connectivity index (χ1) is 34.7. The highest BCUT2D eigenvalue weighted by Crippen LogP contribution is 2.41. The summed E-state index contributed by atoms with van der Waals surface area (Å²) in [4.78, 5) is 21.6. The van der Waals surface area contributed by atoms with Gasteiger partial charge in [0, 0.05) is 43.8 Å². The van der Waals surface area contributed by atoms with E-state index in [9.17, 15) is 0 Å². The van der Waals surface area contributed by atoms with E-state index in [0.717, 1.165) is 88.6 Å². The maximum atomic E-state index is 5.43. The molecule has 4 heterocycles. The van der Waals surface area contributed by atoms with Crippen molar-refractivity contribution in [1.29, 1.82) is 0 Å². The second-order valence-corrected chi connectivity index (χ2v) is 18.5. The summed E-state index contributed by atoms with van der Waals surface area (Å²) in [7, 11) is 0. The highest BCUT2D eigenvalue weighted by molar-refractivity contribution is 6.25. The van der Waals surface area contributed by atoms with Gasteiger partial charge in [-0.3, -0.25) is 0 Å². The molecule has 0 N–H and O–H groups in total. The molecule has 0 fully saturated rings. The lowest BCUT2D eigenvalue weighted by Crippen LogP contribution is -1.93. The maximum Gasteiger partial charge on any atom is 0.0972 e. The van der Waals surface area contributed by atoms with Gasteiger partial charge in [0.15, 0.2) is 0 Å². The Morgan fingerprint density at radius 3 is 0.943 bits per heavy atom. The third-order valence-corrected chi connectivity index (χ3v) is 14.5. The van der Waals surface area contributed by atoms with Gasteiger partial charge in [-0.2, -0.15) is 0 Å². The minimum atomic E-state index is 0.878. The van der Waals surface area contributed by atoms with Crippen molar-refractivity contribution in [2.75, 3.05) is 0 Å². The number of hydrogen-bond donors (Lipinski definition) is 0. The van der Waals surface area contributed by atoms with Crippen molar-refractivity contribution in [3.63, 3.8) is 0 Å². The summed E-state index contributed by atoms with van der Waals surface area (Å²) in [5.74, 6) is 0. The Labute approximate surface area is 401 Å². The van der Waals surface area contributed by atoms with Crippen molar-refractivity contribution in [2.45, 2.75) is 0 Å². The summed E-state index contributed by atoms with van der Waals surface area (Å²) in [6.45, 7) is 0. The molecular formula is C66H38N4. The number of aromatic nitrogens is 4. The quantitative estimate of drug-likeness (QED) is 0.165. The molecule has 322 valence electrons. The summed E-state index contributed by atoms with van der Waals surface area (Å²) >= 11 is 0. The van der Waals surface area contributed by atoms with Gasteiger partial charge >= 0.3 is 0 Å². The molecule has 4 heteroatoms. The number of pyridine rings is 4. The number of hydrogen-bond acceptors (Lipinski definition) is 4. The molecule has 0 radical (unpaired) electrons. The normalized spacial score (nSPS) is 12.0. The second-order valence-electron chi connectivity index (χ2n) is 18.5.